The highest BCUT2D eigenvalue weighted by atomic mass is 31.1. The molecule has 0 spiro atoms. The normalized spacial score (nSPS) is 37.4. The summed E-state index contributed by atoms with van der Waals surface area (Å²) in [5.41, 5.74) is 2.02. The maximum Gasteiger partial charge on any atom is 0.172 e. The van der Waals surface area contributed by atoms with Crippen molar-refractivity contribution in [3.05, 3.63) is 29.3 Å². The second-order valence-corrected chi connectivity index (χ2v) is 24.2. The Hall–Kier alpha value is 0.177. The Morgan fingerprint density at radius 2 is 1.57 bits per heavy atom. The van der Waals surface area contributed by atoms with Gasteiger partial charge in [0.1, 0.15) is 0 Å². The topological polar surface area (TPSA) is 27.7 Å². The Morgan fingerprint density at radius 1 is 0.971 bits per heavy atom. The van der Waals surface area contributed by atoms with Crippen LogP contribution in [0.5, 0.6) is 0 Å². The molecule has 0 aromatic heterocycles. The summed E-state index contributed by atoms with van der Waals surface area (Å²) >= 11 is 0. The van der Waals surface area contributed by atoms with Gasteiger partial charge in [0.05, 0.1) is 24.7 Å². The molecule has 4 fully saturated rings. The zero-order valence-electron chi connectivity index (χ0n) is 24.4. The zero-order chi connectivity index (χ0) is 26.5. The first kappa shape index (κ1) is 28.2. The van der Waals surface area contributed by atoms with Crippen molar-refractivity contribution in [1.29, 1.82) is 0 Å². The van der Waals surface area contributed by atoms with Crippen LogP contribution in [0.15, 0.2) is 18.2 Å². The lowest BCUT2D eigenvalue weighted by molar-refractivity contribution is -0.498. The predicted molar refractivity (Wildman–Crippen MR) is 157 cm³/mol. The van der Waals surface area contributed by atoms with Crippen LogP contribution < -0.4 is 5.19 Å². The van der Waals surface area contributed by atoms with Crippen molar-refractivity contribution in [3.8, 4) is 0 Å². The highest BCUT2D eigenvalue weighted by Gasteiger charge is 2.75. The molecular formula is C29H50O3P2Si. The number of benzene rings is 1. The molecule has 6 atom stereocenters. The van der Waals surface area contributed by atoms with Gasteiger partial charge in [0.2, 0.25) is 0 Å². The van der Waals surface area contributed by atoms with Gasteiger partial charge in [-0.25, -0.2) is 0 Å². The summed E-state index contributed by atoms with van der Waals surface area (Å²) < 4.78 is 19.9. The summed E-state index contributed by atoms with van der Waals surface area (Å²) in [6.45, 7) is 28.8. The maximum atomic E-state index is 6.92. The first-order chi connectivity index (χ1) is 15.7. The third kappa shape index (κ3) is 4.45. The molecule has 0 radical (unpaired) electrons. The van der Waals surface area contributed by atoms with Gasteiger partial charge in [0.25, 0.3) is 0 Å². The van der Waals surface area contributed by atoms with Crippen LogP contribution >= 0.6 is 17.2 Å². The first-order valence-electron chi connectivity index (χ1n) is 13.4. The quantitative estimate of drug-likeness (QED) is 0.291. The molecule has 0 amide bonds. The molecule has 1 aromatic carbocycles. The highest BCUT2D eigenvalue weighted by Crippen LogP contribution is 2.67. The molecule has 6 heteroatoms. The lowest BCUT2D eigenvalue weighted by Crippen LogP contribution is -2.81. The number of hydrogen-bond donors (Lipinski definition) is 0. The molecular weight excluding hydrogens is 486 g/mol. The molecule has 4 aliphatic heterocycles. The van der Waals surface area contributed by atoms with Crippen molar-refractivity contribution in [2.45, 2.75) is 140 Å². The largest absolute Gasteiger partial charge is 0.345 e. The van der Waals surface area contributed by atoms with Crippen molar-refractivity contribution in [1.82, 2.24) is 0 Å². The Balaban J connectivity index is 1.96. The van der Waals surface area contributed by atoms with Crippen molar-refractivity contribution < 1.29 is 14.2 Å². The van der Waals surface area contributed by atoms with Gasteiger partial charge in [0, 0.05) is 12.8 Å². The van der Waals surface area contributed by atoms with Gasteiger partial charge >= 0.3 is 0 Å². The lowest BCUT2D eigenvalue weighted by atomic mass is 9.52. The van der Waals surface area contributed by atoms with Gasteiger partial charge < -0.3 is 14.2 Å². The molecule has 4 saturated heterocycles. The SMILES string of the molecule is CC12CC3(C)OC(CC(C)(O1)C3(CP)c1ccc([Si](C)(C)C)cc1CP(C(C)(C)C)C(C)(C)C)O2. The monoisotopic (exact) mass is 536 g/mol. The van der Waals surface area contributed by atoms with Gasteiger partial charge in [-0.2, -0.15) is 0 Å². The van der Waals surface area contributed by atoms with Gasteiger partial charge in [0.15, 0.2) is 12.1 Å². The standard InChI is InChI=1S/C29H50O3P2Si/c1-24(2,3)34(25(4,5)6)17-20-15-21(35(10,11)12)13-14-22(20)29(19-33)26(7)16-23-30-27(29,8)18-28(9,31-23)32-26/h13-15,23H,16-19,33H2,1-12H3. The van der Waals surface area contributed by atoms with Gasteiger partial charge in [-0.1, -0.05) is 92.5 Å². The summed E-state index contributed by atoms with van der Waals surface area (Å²) in [5.74, 6) is -0.574. The van der Waals surface area contributed by atoms with Crippen LogP contribution in [0.4, 0.5) is 0 Å². The minimum absolute atomic E-state index is 0.187. The van der Waals surface area contributed by atoms with Crippen LogP contribution in [0, 0.1) is 0 Å². The van der Waals surface area contributed by atoms with Crippen molar-refractivity contribution in [3.63, 3.8) is 0 Å². The van der Waals surface area contributed by atoms with E-state index in [0.29, 0.717) is 0 Å². The van der Waals surface area contributed by atoms with Gasteiger partial charge in [-0.05, 0) is 54.5 Å². The minimum Gasteiger partial charge on any atom is -0.345 e. The van der Waals surface area contributed by atoms with Crippen molar-refractivity contribution in [2.24, 2.45) is 0 Å². The van der Waals surface area contributed by atoms with Crippen molar-refractivity contribution >= 4 is 30.4 Å². The molecule has 1 aromatic rings. The summed E-state index contributed by atoms with van der Waals surface area (Å²) in [7, 11) is 1.33. The van der Waals surface area contributed by atoms with E-state index in [0.717, 1.165) is 25.2 Å². The zero-order valence-corrected chi connectivity index (χ0v) is 27.4. The van der Waals surface area contributed by atoms with E-state index >= 15 is 0 Å². The summed E-state index contributed by atoms with van der Waals surface area (Å²) in [6, 6.07) is 7.49. The van der Waals surface area contributed by atoms with Crippen LogP contribution in [0.3, 0.4) is 0 Å². The molecule has 0 N–H and O–H groups in total. The average Bonchev–Trinajstić information content (AvgIpc) is 2.61. The molecule has 5 rings (SSSR count). The van der Waals surface area contributed by atoms with E-state index in [9.17, 15) is 0 Å². The molecule has 35 heavy (non-hydrogen) atoms. The Labute approximate surface area is 219 Å². The summed E-state index contributed by atoms with van der Waals surface area (Å²) in [5, 5.41) is 2.07. The third-order valence-corrected chi connectivity index (χ3v) is 15.5. The molecule has 6 unspecified atom stereocenters. The van der Waals surface area contributed by atoms with Crippen LogP contribution in [0.25, 0.3) is 0 Å². The highest BCUT2D eigenvalue weighted by molar-refractivity contribution is 7.60. The Bertz CT molecular complexity index is 953. The van der Waals surface area contributed by atoms with Gasteiger partial charge in [-0.3, -0.25) is 0 Å². The fourth-order valence-electron chi connectivity index (χ4n) is 7.71. The smallest absolute Gasteiger partial charge is 0.172 e. The second-order valence-electron chi connectivity index (χ2n) is 14.9. The van der Waals surface area contributed by atoms with E-state index in [1.165, 1.54) is 11.1 Å². The molecule has 0 saturated carbocycles. The number of rotatable bonds is 5. The Kier molecular flexibility index (Phi) is 6.71. The summed E-state index contributed by atoms with van der Waals surface area (Å²) in [6.07, 6.45) is 3.38. The van der Waals surface area contributed by atoms with Gasteiger partial charge in [-0.15, -0.1) is 9.24 Å². The van der Waals surface area contributed by atoms with Crippen LogP contribution in [-0.4, -0.2) is 47.8 Å². The van der Waals surface area contributed by atoms with E-state index in [1.807, 2.05) is 0 Å². The van der Waals surface area contributed by atoms with Crippen LogP contribution in [0.2, 0.25) is 19.6 Å². The maximum absolute atomic E-state index is 6.92. The molecule has 0 aliphatic carbocycles. The second kappa shape index (κ2) is 8.34. The van der Waals surface area contributed by atoms with Crippen molar-refractivity contribution in [2.75, 3.05) is 6.16 Å². The lowest BCUT2D eigenvalue weighted by Gasteiger charge is -2.72. The first-order valence-corrected chi connectivity index (χ1v) is 19.2. The predicted octanol–water partition coefficient (Wildman–Crippen LogP) is 7.35. The minimum atomic E-state index is -1.48. The number of ether oxygens (including phenoxy) is 3. The molecule has 4 bridgehead atoms. The fourth-order valence-corrected chi connectivity index (χ4v) is 13.5. The number of hydrogen-bond acceptors (Lipinski definition) is 3. The fraction of sp³-hybridized carbons (Fsp3) is 0.793. The van der Waals surface area contributed by atoms with E-state index in [2.05, 4.69) is 109 Å². The molecule has 4 heterocycles. The molecule has 3 nitrogen and oxygen atoms in total. The summed E-state index contributed by atoms with van der Waals surface area (Å²) in [4.78, 5) is 0. The molecule has 4 aliphatic rings. The third-order valence-electron chi connectivity index (χ3n) is 8.92. The average molecular weight is 537 g/mol. The van der Waals surface area contributed by atoms with E-state index in [1.54, 1.807) is 5.19 Å². The van der Waals surface area contributed by atoms with Crippen LogP contribution in [0.1, 0.15) is 86.3 Å². The van der Waals surface area contributed by atoms with E-state index in [4.69, 9.17) is 14.2 Å². The van der Waals surface area contributed by atoms with E-state index in [-0.39, 0.29) is 41.1 Å². The van der Waals surface area contributed by atoms with Crippen LogP contribution in [-0.2, 0) is 25.8 Å². The molecule has 198 valence electrons. The van der Waals surface area contributed by atoms with E-state index < -0.39 is 13.9 Å². The Morgan fingerprint density at radius 3 is 2.03 bits per heavy atom.